The molecule has 0 fully saturated rings. The standard InChI is InChI=1S/C15H15N3O4S/c16-23(20,21)11-3-1-10(2-4-11)5-7-17-15(19)13-9-14-12(18-13)6-8-22-14/h1-4,6,8-9,18H,5,7H2,(H,17,19)(H2,16,20,21). The molecule has 1 aromatic carbocycles. The van der Waals surface area contributed by atoms with Gasteiger partial charge in [-0.1, -0.05) is 12.1 Å². The van der Waals surface area contributed by atoms with Crippen LogP contribution in [0.5, 0.6) is 0 Å². The summed E-state index contributed by atoms with van der Waals surface area (Å²) in [4.78, 5) is 15.0. The van der Waals surface area contributed by atoms with Crippen molar-refractivity contribution in [3.05, 3.63) is 53.9 Å². The SMILES string of the molecule is NS(=O)(=O)c1ccc(CCNC(=O)c2cc3occc3[nH]2)cc1. The molecule has 23 heavy (non-hydrogen) atoms. The molecule has 0 unspecified atom stereocenters. The summed E-state index contributed by atoms with van der Waals surface area (Å²) in [7, 11) is -3.68. The minimum atomic E-state index is -3.68. The number of rotatable bonds is 5. The number of nitrogens with two attached hydrogens (primary N) is 1. The molecule has 3 rings (SSSR count). The van der Waals surface area contributed by atoms with Crippen LogP contribution in [0.25, 0.3) is 11.1 Å². The zero-order chi connectivity index (χ0) is 16.4. The molecule has 0 spiro atoms. The van der Waals surface area contributed by atoms with Crippen LogP contribution in [0.15, 0.2) is 52.0 Å². The number of aromatic nitrogens is 1. The first kappa shape index (κ1) is 15.3. The Morgan fingerprint density at radius 2 is 1.96 bits per heavy atom. The Labute approximate surface area is 132 Å². The summed E-state index contributed by atoms with van der Waals surface area (Å²) in [6.07, 6.45) is 2.13. The fourth-order valence-electron chi connectivity index (χ4n) is 2.23. The van der Waals surface area contributed by atoms with Crippen LogP contribution in [0.1, 0.15) is 16.1 Å². The van der Waals surface area contributed by atoms with Gasteiger partial charge < -0.3 is 14.7 Å². The number of carbonyl (C=O) groups excluding carboxylic acids is 1. The van der Waals surface area contributed by atoms with Crippen molar-refractivity contribution in [3.63, 3.8) is 0 Å². The number of fused-ring (bicyclic) bond motifs is 1. The van der Waals surface area contributed by atoms with E-state index < -0.39 is 10.0 Å². The summed E-state index contributed by atoms with van der Waals surface area (Å²) < 4.78 is 27.5. The van der Waals surface area contributed by atoms with Gasteiger partial charge in [-0.25, -0.2) is 13.6 Å². The fraction of sp³-hybridized carbons (Fsp3) is 0.133. The van der Waals surface area contributed by atoms with Crippen molar-refractivity contribution in [2.45, 2.75) is 11.3 Å². The van der Waals surface area contributed by atoms with Crippen LogP contribution >= 0.6 is 0 Å². The second kappa shape index (κ2) is 5.90. The summed E-state index contributed by atoms with van der Waals surface area (Å²) in [5.41, 5.74) is 2.74. The number of H-pyrrole nitrogens is 1. The summed E-state index contributed by atoms with van der Waals surface area (Å²) in [6, 6.07) is 9.64. The van der Waals surface area contributed by atoms with Crippen LogP contribution in [0.3, 0.4) is 0 Å². The Hall–Kier alpha value is -2.58. The van der Waals surface area contributed by atoms with E-state index in [1.54, 1.807) is 30.5 Å². The smallest absolute Gasteiger partial charge is 0.267 e. The summed E-state index contributed by atoms with van der Waals surface area (Å²) in [6.45, 7) is 0.425. The molecule has 0 aliphatic carbocycles. The number of hydrogen-bond donors (Lipinski definition) is 3. The summed E-state index contributed by atoms with van der Waals surface area (Å²) >= 11 is 0. The molecule has 0 aliphatic rings. The highest BCUT2D eigenvalue weighted by molar-refractivity contribution is 7.89. The molecular formula is C15H15N3O4S. The Morgan fingerprint density at radius 1 is 1.22 bits per heavy atom. The van der Waals surface area contributed by atoms with E-state index >= 15 is 0 Å². The lowest BCUT2D eigenvalue weighted by Gasteiger charge is -2.05. The van der Waals surface area contributed by atoms with Crippen molar-refractivity contribution in [2.75, 3.05) is 6.54 Å². The van der Waals surface area contributed by atoms with E-state index in [4.69, 9.17) is 9.56 Å². The molecule has 4 N–H and O–H groups in total. The highest BCUT2D eigenvalue weighted by Gasteiger charge is 2.11. The van der Waals surface area contributed by atoms with Crippen LogP contribution in [-0.4, -0.2) is 25.9 Å². The topological polar surface area (TPSA) is 118 Å². The minimum absolute atomic E-state index is 0.0687. The lowest BCUT2D eigenvalue weighted by molar-refractivity contribution is 0.0950. The summed E-state index contributed by atoms with van der Waals surface area (Å²) in [5, 5.41) is 7.83. The van der Waals surface area contributed by atoms with Crippen LogP contribution in [-0.2, 0) is 16.4 Å². The van der Waals surface area contributed by atoms with Gasteiger partial charge >= 0.3 is 0 Å². The van der Waals surface area contributed by atoms with E-state index in [1.165, 1.54) is 12.1 Å². The highest BCUT2D eigenvalue weighted by atomic mass is 32.2. The quantitative estimate of drug-likeness (QED) is 0.653. The van der Waals surface area contributed by atoms with E-state index in [0.29, 0.717) is 24.2 Å². The maximum Gasteiger partial charge on any atom is 0.267 e. The number of sulfonamides is 1. The number of benzene rings is 1. The molecule has 1 amide bonds. The van der Waals surface area contributed by atoms with Crippen molar-refractivity contribution in [1.82, 2.24) is 10.3 Å². The largest absolute Gasteiger partial charge is 0.463 e. The molecule has 7 nitrogen and oxygen atoms in total. The number of hydrogen-bond acceptors (Lipinski definition) is 4. The van der Waals surface area contributed by atoms with E-state index in [0.717, 1.165) is 11.1 Å². The third-order valence-electron chi connectivity index (χ3n) is 3.44. The van der Waals surface area contributed by atoms with E-state index in [1.807, 2.05) is 0 Å². The molecule has 0 aliphatic heterocycles. The predicted molar refractivity (Wildman–Crippen MR) is 84.4 cm³/mol. The van der Waals surface area contributed by atoms with Gasteiger partial charge in [0.25, 0.3) is 5.91 Å². The van der Waals surface area contributed by atoms with Crippen LogP contribution in [0.2, 0.25) is 0 Å². The predicted octanol–water partition coefficient (Wildman–Crippen LogP) is 1.38. The highest BCUT2D eigenvalue weighted by Crippen LogP contribution is 2.15. The Kier molecular flexibility index (Phi) is 3.93. The van der Waals surface area contributed by atoms with E-state index in [2.05, 4.69) is 10.3 Å². The molecule has 0 saturated carbocycles. The average Bonchev–Trinajstić information content (AvgIpc) is 3.08. The molecule has 0 bridgehead atoms. The van der Waals surface area contributed by atoms with Crippen molar-refractivity contribution in [3.8, 4) is 0 Å². The molecule has 120 valence electrons. The number of carbonyl (C=O) groups is 1. The minimum Gasteiger partial charge on any atom is -0.463 e. The average molecular weight is 333 g/mol. The van der Waals surface area contributed by atoms with Gasteiger partial charge in [-0.05, 0) is 24.1 Å². The first-order valence-corrected chi connectivity index (χ1v) is 8.44. The van der Waals surface area contributed by atoms with Gasteiger partial charge in [-0.15, -0.1) is 0 Å². The van der Waals surface area contributed by atoms with Crippen LogP contribution < -0.4 is 10.5 Å². The maximum atomic E-state index is 12.0. The number of amides is 1. The fourth-order valence-corrected chi connectivity index (χ4v) is 2.75. The van der Waals surface area contributed by atoms with Crippen LogP contribution in [0.4, 0.5) is 0 Å². The third kappa shape index (κ3) is 3.43. The molecule has 3 aromatic rings. The maximum absolute atomic E-state index is 12.0. The number of primary sulfonamides is 1. The van der Waals surface area contributed by atoms with Gasteiger partial charge in [0.15, 0.2) is 5.58 Å². The van der Waals surface area contributed by atoms with Gasteiger partial charge in [0.2, 0.25) is 10.0 Å². The van der Waals surface area contributed by atoms with Gasteiger partial charge in [0, 0.05) is 18.7 Å². The van der Waals surface area contributed by atoms with Gasteiger partial charge in [-0.3, -0.25) is 4.79 Å². The van der Waals surface area contributed by atoms with Gasteiger partial charge in [-0.2, -0.15) is 0 Å². The van der Waals surface area contributed by atoms with Crippen molar-refractivity contribution >= 4 is 27.0 Å². The first-order chi connectivity index (χ1) is 10.9. The van der Waals surface area contributed by atoms with E-state index in [9.17, 15) is 13.2 Å². The van der Waals surface area contributed by atoms with E-state index in [-0.39, 0.29) is 10.8 Å². The monoisotopic (exact) mass is 333 g/mol. The molecule has 2 heterocycles. The normalized spacial score (nSPS) is 11.7. The number of furan rings is 1. The van der Waals surface area contributed by atoms with Crippen molar-refractivity contribution < 1.29 is 17.6 Å². The zero-order valence-corrected chi connectivity index (χ0v) is 12.9. The molecule has 2 aromatic heterocycles. The molecular weight excluding hydrogens is 318 g/mol. The molecule has 0 radical (unpaired) electrons. The Balaban J connectivity index is 1.56. The van der Waals surface area contributed by atoms with Crippen molar-refractivity contribution in [1.29, 1.82) is 0 Å². The zero-order valence-electron chi connectivity index (χ0n) is 12.1. The molecule has 8 heteroatoms. The summed E-state index contributed by atoms with van der Waals surface area (Å²) in [5.74, 6) is -0.224. The Bertz CT molecular complexity index is 910. The number of nitrogens with one attached hydrogen (secondary N) is 2. The molecule has 0 atom stereocenters. The van der Waals surface area contributed by atoms with Gasteiger partial charge in [0.05, 0.1) is 16.7 Å². The van der Waals surface area contributed by atoms with Gasteiger partial charge in [0.1, 0.15) is 5.69 Å². The first-order valence-electron chi connectivity index (χ1n) is 6.89. The lowest BCUT2D eigenvalue weighted by atomic mass is 10.1. The molecule has 0 saturated heterocycles. The second-order valence-corrected chi connectivity index (χ2v) is 6.64. The lowest BCUT2D eigenvalue weighted by Crippen LogP contribution is -2.25. The number of aromatic amines is 1. The Morgan fingerprint density at radius 3 is 2.61 bits per heavy atom. The third-order valence-corrected chi connectivity index (χ3v) is 4.36. The van der Waals surface area contributed by atoms with Crippen LogP contribution in [0, 0.1) is 0 Å². The second-order valence-electron chi connectivity index (χ2n) is 5.08. The van der Waals surface area contributed by atoms with Crippen molar-refractivity contribution in [2.24, 2.45) is 5.14 Å².